The number of nitrogens with zero attached hydrogens (tertiary/aromatic N) is 4. The van der Waals surface area contributed by atoms with Gasteiger partial charge in [-0.2, -0.15) is 0 Å². The molecule has 3 rings (SSSR count). The monoisotopic (exact) mass is 329 g/mol. The molecule has 0 radical (unpaired) electrons. The van der Waals surface area contributed by atoms with Gasteiger partial charge in [-0.1, -0.05) is 0 Å². The number of alkyl halides is 3. The Morgan fingerprint density at radius 2 is 2.09 bits per heavy atom. The molecule has 2 heterocycles. The van der Waals surface area contributed by atoms with E-state index in [9.17, 15) is 8.78 Å². The molecule has 1 aliphatic carbocycles. The molecule has 1 saturated carbocycles. The lowest BCUT2D eigenvalue weighted by atomic mass is 9.92. The topological polar surface area (TPSA) is 55.6 Å². The SMILES string of the molecule is Cc1ncc2nc(NCCCl)n(C3CCC(F)(F)CC3)c2n1. The molecule has 0 bridgehead atoms. The molecule has 0 aliphatic heterocycles. The van der Waals surface area contributed by atoms with Crippen LogP contribution in [0, 0.1) is 6.92 Å². The molecule has 0 atom stereocenters. The second-order valence-electron chi connectivity index (χ2n) is 5.63. The number of halogens is 3. The Balaban J connectivity index is 1.99. The van der Waals surface area contributed by atoms with Crippen molar-refractivity contribution in [2.75, 3.05) is 17.7 Å². The van der Waals surface area contributed by atoms with Crippen LogP contribution in [0.2, 0.25) is 0 Å². The first kappa shape index (κ1) is 15.4. The molecular formula is C14H18ClF2N5. The van der Waals surface area contributed by atoms with Gasteiger partial charge in [-0.3, -0.25) is 4.57 Å². The van der Waals surface area contributed by atoms with E-state index in [0.717, 1.165) is 0 Å². The summed E-state index contributed by atoms with van der Waals surface area (Å²) in [5, 5.41) is 3.15. The van der Waals surface area contributed by atoms with Gasteiger partial charge in [0.15, 0.2) is 5.65 Å². The maximum atomic E-state index is 13.4. The van der Waals surface area contributed by atoms with E-state index in [1.807, 2.05) is 4.57 Å². The van der Waals surface area contributed by atoms with Gasteiger partial charge in [0.1, 0.15) is 11.3 Å². The van der Waals surface area contributed by atoms with Crippen molar-refractivity contribution in [1.82, 2.24) is 19.5 Å². The molecule has 2 aromatic rings. The third kappa shape index (κ3) is 2.99. The molecule has 0 spiro atoms. The maximum Gasteiger partial charge on any atom is 0.248 e. The van der Waals surface area contributed by atoms with Crippen LogP contribution in [0.5, 0.6) is 0 Å². The van der Waals surface area contributed by atoms with Gasteiger partial charge in [-0.05, 0) is 19.8 Å². The summed E-state index contributed by atoms with van der Waals surface area (Å²) in [6.07, 6.45) is 2.29. The van der Waals surface area contributed by atoms with E-state index in [0.29, 0.717) is 48.2 Å². The normalized spacial score (nSPS) is 18.7. The molecule has 5 nitrogen and oxygen atoms in total. The average Bonchev–Trinajstić information content (AvgIpc) is 2.83. The number of imidazole rings is 1. The fourth-order valence-corrected chi connectivity index (χ4v) is 2.98. The summed E-state index contributed by atoms with van der Waals surface area (Å²) in [7, 11) is 0. The summed E-state index contributed by atoms with van der Waals surface area (Å²) in [5.41, 5.74) is 1.36. The lowest BCUT2D eigenvalue weighted by Crippen LogP contribution is -2.27. The second kappa shape index (κ2) is 5.95. The molecule has 1 N–H and O–H groups in total. The van der Waals surface area contributed by atoms with Crippen molar-refractivity contribution in [3.05, 3.63) is 12.0 Å². The van der Waals surface area contributed by atoms with Crippen molar-refractivity contribution < 1.29 is 8.78 Å². The van der Waals surface area contributed by atoms with Crippen molar-refractivity contribution in [3.63, 3.8) is 0 Å². The van der Waals surface area contributed by atoms with Crippen LogP contribution in [0.25, 0.3) is 11.2 Å². The minimum Gasteiger partial charge on any atom is -0.354 e. The predicted molar refractivity (Wildman–Crippen MR) is 81.7 cm³/mol. The molecule has 0 saturated heterocycles. The van der Waals surface area contributed by atoms with Crippen LogP contribution in [0.3, 0.4) is 0 Å². The van der Waals surface area contributed by atoms with Crippen molar-refractivity contribution in [2.24, 2.45) is 0 Å². The quantitative estimate of drug-likeness (QED) is 0.872. The Bertz CT molecular complexity index is 663. The van der Waals surface area contributed by atoms with Gasteiger partial charge in [0, 0.05) is 31.3 Å². The number of nitrogens with one attached hydrogen (secondary N) is 1. The van der Waals surface area contributed by atoms with Crippen LogP contribution < -0.4 is 5.32 Å². The van der Waals surface area contributed by atoms with Crippen molar-refractivity contribution in [2.45, 2.75) is 44.6 Å². The van der Waals surface area contributed by atoms with E-state index in [1.54, 1.807) is 13.1 Å². The molecule has 0 amide bonds. The van der Waals surface area contributed by atoms with E-state index < -0.39 is 5.92 Å². The van der Waals surface area contributed by atoms with E-state index >= 15 is 0 Å². The first-order chi connectivity index (χ1) is 10.5. The summed E-state index contributed by atoms with van der Waals surface area (Å²) in [5.74, 6) is -0.845. The molecule has 0 aromatic carbocycles. The van der Waals surface area contributed by atoms with Gasteiger partial charge in [0.2, 0.25) is 11.9 Å². The van der Waals surface area contributed by atoms with Crippen LogP contribution in [0.15, 0.2) is 6.20 Å². The predicted octanol–water partition coefficient (Wildman–Crippen LogP) is 3.54. The standard InChI is InChI=1S/C14H18ClF2N5/c1-9-19-8-11-12(20-9)22(13(21-11)18-7-6-15)10-2-4-14(16,17)5-3-10/h8,10H,2-7H2,1H3,(H,18,21). The number of aromatic nitrogens is 4. The van der Waals surface area contributed by atoms with Crippen LogP contribution in [0.1, 0.15) is 37.5 Å². The number of aryl methyl sites for hydroxylation is 1. The van der Waals surface area contributed by atoms with Crippen molar-refractivity contribution in [1.29, 1.82) is 0 Å². The number of hydrogen-bond acceptors (Lipinski definition) is 4. The number of hydrogen-bond donors (Lipinski definition) is 1. The molecule has 1 fully saturated rings. The Labute approximate surface area is 132 Å². The Hall–Kier alpha value is -1.50. The highest BCUT2D eigenvalue weighted by Crippen LogP contribution is 2.40. The van der Waals surface area contributed by atoms with Crippen molar-refractivity contribution >= 4 is 28.7 Å². The minimum absolute atomic E-state index is 0.0308. The van der Waals surface area contributed by atoms with Gasteiger partial charge in [0.05, 0.1) is 6.20 Å². The van der Waals surface area contributed by atoms with Crippen LogP contribution in [-0.4, -0.2) is 37.9 Å². The number of fused-ring (bicyclic) bond motifs is 1. The first-order valence-corrected chi connectivity index (χ1v) is 7.93. The smallest absolute Gasteiger partial charge is 0.248 e. The van der Waals surface area contributed by atoms with E-state index in [2.05, 4.69) is 20.3 Å². The van der Waals surface area contributed by atoms with Crippen LogP contribution >= 0.6 is 11.6 Å². The first-order valence-electron chi connectivity index (χ1n) is 7.39. The van der Waals surface area contributed by atoms with E-state index in [-0.39, 0.29) is 18.9 Å². The summed E-state index contributed by atoms with van der Waals surface area (Å²) in [4.78, 5) is 13.1. The van der Waals surface area contributed by atoms with Crippen LogP contribution in [0.4, 0.5) is 14.7 Å². The van der Waals surface area contributed by atoms with Gasteiger partial charge < -0.3 is 5.32 Å². The summed E-state index contributed by atoms with van der Waals surface area (Å²) < 4.78 is 28.8. The van der Waals surface area contributed by atoms with Crippen LogP contribution in [-0.2, 0) is 0 Å². The zero-order chi connectivity index (χ0) is 15.7. The number of rotatable bonds is 4. The molecular weight excluding hydrogens is 312 g/mol. The Morgan fingerprint density at radius 3 is 2.77 bits per heavy atom. The molecule has 22 heavy (non-hydrogen) atoms. The molecule has 1 aliphatic rings. The minimum atomic E-state index is -2.55. The highest BCUT2D eigenvalue weighted by molar-refractivity contribution is 6.18. The van der Waals surface area contributed by atoms with E-state index in [1.165, 1.54) is 0 Å². The largest absolute Gasteiger partial charge is 0.354 e. The third-order valence-corrected chi connectivity index (χ3v) is 4.17. The van der Waals surface area contributed by atoms with Gasteiger partial charge >= 0.3 is 0 Å². The fourth-order valence-electron chi connectivity index (χ4n) is 2.89. The molecule has 120 valence electrons. The summed E-state index contributed by atoms with van der Waals surface area (Å²) in [6.45, 7) is 2.36. The zero-order valence-corrected chi connectivity index (χ0v) is 13.1. The van der Waals surface area contributed by atoms with Crippen molar-refractivity contribution in [3.8, 4) is 0 Å². The average molecular weight is 330 g/mol. The third-order valence-electron chi connectivity index (χ3n) is 3.98. The number of anilines is 1. The highest BCUT2D eigenvalue weighted by atomic mass is 35.5. The Kier molecular flexibility index (Phi) is 4.16. The lowest BCUT2D eigenvalue weighted by Gasteiger charge is -2.30. The lowest BCUT2D eigenvalue weighted by molar-refractivity contribution is -0.0435. The van der Waals surface area contributed by atoms with Gasteiger partial charge in [0.25, 0.3) is 0 Å². The second-order valence-corrected chi connectivity index (χ2v) is 6.01. The molecule has 0 unspecified atom stereocenters. The maximum absolute atomic E-state index is 13.4. The fraction of sp³-hybridized carbons (Fsp3) is 0.643. The van der Waals surface area contributed by atoms with Gasteiger partial charge in [-0.15, -0.1) is 11.6 Å². The molecule has 2 aromatic heterocycles. The van der Waals surface area contributed by atoms with E-state index in [4.69, 9.17) is 11.6 Å². The zero-order valence-electron chi connectivity index (χ0n) is 12.3. The Morgan fingerprint density at radius 1 is 1.36 bits per heavy atom. The summed E-state index contributed by atoms with van der Waals surface area (Å²) in [6, 6.07) is -0.0308. The molecule has 8 heteroatoms. The summed E-state index contributed by atoms with van der Waals surface area (Å²) >= 11 is 5.72. The highest BCUT2D eigenvalue weighted by Gasteiger charge is 2.36. The van der Waals surface area contributed by atoms with Gasteiger partial charge in [-0.25, -0.2) is 23.7 Å².